The molecule has 0 atom stereocenters. The first-order chi connectivity index (χ1) is 9.54. The lowest BCUT2D eigenvalue weighted by molar-refractivity contribution is 0.102. The van der Waals surface area contributed by atoms with Gasteiger partial charge in [-0.25, -0.2) is 0 Å². The summed E-state index contributed by atoms with van der Waals surface area (Å²) < 4.78 is 8.28. The van der Waals surface area contributed by atoms with E-state index in [4.69, 9.17) is 4.74 Å². The maximum absolute atomic E-state index is 12.7. The molecule has 1 heterocycles. The number of aromatic nitrogens is 2. The summed E-state index contributed by atoms with van der Waals surface area (Å²) in [6.45, 7) is 2.96. The zero-order valence-corrected chi connectivity index (χ0v) is 14.4. The Morgan fingerprint density at radius 1 is 1.40 bits per heavy atom. The fourth-order valence-electron chi connectivity index (χ4n) is 1.90. The molecule has 6 heteroatoms. The van der Waals surface area contributed by atoms with Crippen molar-refractivity contribution in [2.24, 2.45) is 0 Å². The molecular formula is C14H14Br2N2O2. The zero-order valence-electron chi connectivity index (χ0n) is 11.2. The van der Waals surface area contributed by atoms with Crippen molar-refractivity contribution in [2.75, 3.05) is 13.7 Å². The molecule has 106 valence electrons. The number of carbonyl (C=O) groups is 1. The molecule has 2 aromatic rings. The zero-order chi connectivity index (χ0) is 14.7. The van der Waals surface area contributed by atoms with Gasteiger partial charge in [0.25, 0.3) is 0 Å². The quantitative estimate of drug-likeness (QED) is 0.719. The number of hydrogen-bond acceptors (Lipinski definition) is 3. The van der Waals surface area contributed by atoms with Gasteiger partial charge in [0.1, 0.15) is 5.69 Å². The van der Waals surface area contributed by atoms with Gasteiger partial charge in [-0.1, -0.05) is 22.0 Å². The minimum Gasteiger partial charge on any atom is -0.383 e. The van der Waals surface area contributed by atoms with Crippen LogP contribution in [0.2, 0.25) is 0 Å². The largest absolute Gasteiger partial charge is 0.383 e. The highest BCUT2D eigenvalue weighted by molar-refractivity contribution is 9.10. The van der Waals surface area contributed by atoms with Crippen molar-refractivity contribution < 1.29 is 9.53 Å². The maximum Gasteiger partial charge on any atom is 0.212 e. The molecule has 2 rings (SSSR count). The van der Waals surface area contributed by atoms with E-state index in [0.29, 0.717) is 28.9 Å². The van der Waals surface area contributed by atoms with E-state index in [1.165, 1.54) is 0 Å². The SMILES string of the molecule is COCCn1ncc(Br)c1C(=O)c1cc(Br)ccc1C. The van der Waals surface area contributed by atoms with Crippen molar-refractivity contribution in [2.45, 2.75) is 13.5 Å². The van der Waals surface area contributed by atoms with Crippen LogP contribution in [-0.4, -0.2) is 29.3 Å². The average molecular weight is 402 g/mol. The molecule has 0 N–H and O–H groups in total. The monoisotopic (exact) mass is 400 g/mol. The molecule has 0 bridgehead atoms. The molecule has 1 aromatic carbocycles. The second kappa shape index (κ2) is 6.65. The van der Waals surface area contributed by atoms with E-state index in [2.05, 4.69) is 37.0 Å². The van der Waals surface area contributed by atoms with E-state index in [9.17, 15) is 4.79 Å². The van der Waals surface area contributed by atoms with E-state index in [-0.39, 0.29) is 5.78 Å². The van der Waals surface area contributed by atoms with Crippen LogP contribution in [0.25, 0.3) is 0 Å². The van der Waals surface area contributed by atoms with Gasteiger partial charge in [0.2, 0.25) is 5.78 Å². The summed E-state index contributed by atoms with van der Waals surface area (Å²) in [4.78, 5) is 12.7. The Bertz CT molecular complexity index is 638. The van der Waals surface area contributed by atoms with Gasteiger partial charge in [-0.05, 0) is 40.5 Å². The minimum atomic E-state index is -0.0516. The fraction of sp³-hybridized carbons (Fsp3) is 0.286. The van der Waals surface area contributed by atoms with Crippen LogP contribution in [0.15, 0.2) is 33.3 Å². The first-order valence-corrected chi connectivity index (χ1v) is 7.64. The Balaban J connectivity index is 2.42. The van der Waals surface area contributed by atoms with Gasteiger partial charge in [-0.2, -0.15) is 5.10 Å². The first-order valence-electron chi connectivity index (χ1n) is 6.05. The summed E-state index contributed by atoms with van der Waals surface area (Å²) in [7, 11) is 1.62. The second-order valence-electron chi connectivity index (χ2n) is 4.35. The molecule has 0 spiro atoms. The number of halogens is 2. The lowest BCUT2D eigenvalue weighted by Crippen LogP contribution is -2.15. The lowest BCUT2D eigenvalue weighted by Gasteiger charge is -2.09. The molecule has 1 aromatic heterocycles. The van der Waals surface area contributed by atoms with E-state index in [1.807, 2.05) is 25.1 Å². The molecule has 4 nitrogen and oxygen atoms in total. The van der Waals surface area contributed by atoms with Crippen molar-refractivity contribution in [3.8, 4) is 0 Å². The van der Waals surface area contributed by atoms with Crippen LogP contribution in [-0.2, 0) is 11.3 Å². The smallest absolute Gasteiger partial charge is 0.212 e. The highest BCUT2D eigenvalue weighted by atomic mass is 79.9. The molecule has 0 saturated carbocycles. The number of benzene rings is 1. The molecule has 0 aliphatic carbocycles. The number of nitrogens with zero attached hydrogens (tertiary/aromatic N) is 2. The first kappa shape index (κ1) is 15.4. The average Bonchev–Trinajstić information content (AvgIpc) is 2.79. The lowest BCUT2D eigenvalue weighted by atomic mass is 10.0. The van der Waals surface area contributed by atoms with Gasteiger partial charge < -0.3 is 4.74 Å². The van der Waals surface area contributed by atoms with Crippen LogP contribution in [0.1, 0.15) is 21.6 Å². The van der Waals surface area contributed by atoms with Crippen LogP contribution in [0.4, 0.5) is 0 Å². The Hall–Kier alpha value is -0.980. The fourth-order valence-corrected chi connectivity index (χ4v) is 2.74. The third kappa shape index (κ3) is 3.19. The molecule has 0 unspecified atom stereocenters. The van der Waals surface area contributed by atoms with Crippen molar-refractivity contribution in [1.82, 2.24) is 9.78 Å². The van der Waals surface area contributed by atoms with Gasteiger partial charge in [0, 0.05) is 17.1 Å². The van der Waals surface area contributed by atoms with Crippen LogP contribution >= 0.6 is 31.9 Å². The Morgan fingerprint density at radius 2 is 2.15 bits per heavy atom. The number of carbonyl (C=O) groups excluding carboxylic acids is 1. The molecular weight excluding hydrogens is 388 g/mol. The van der Waals surface area contributed by atoms with Crippen molar-refractivity contribution >= 4 is 37.6 Å². The van der Waals surface area contributed by atoms with Crippen LogP contribution in [0.5, 0.6) is 0 Å². The standard InChI is InChI=1S/C14H14Br2N2O2/c1-9-3-4-10(15)7-11(9)14(19)13-12(16)8-17-18(13)5-6-20-2/h3-4,7-8H,5-6H2,1-2H3. The molecule has 0 aliphatic rings. The molecule has 20 heavy (non-hydrogen) atoms. The summed E-state index contributed by atoms with van der Waals surface area (Å²) in [6, 6.07) is 5.67. The maximum atomic E-state index is 12.7. The number of methoxy groups -OCH3 is 1. The summed E-state index contributed by atoms with van der Waals surface area (Å²) in [5, 5.41) is 4.21. The summed E-state index contributed by atoms with van der Waals surface area (Å²) in [5.74, 6) is -0.0516. The third-order valence-electron chi connectivity index (χ3n) is 2.96. The number of ketones is 1. The van der Waals surface area contributed by atoms with E-state index in [0.717, 1.165) is 10.0 Å². The Morgan fingerprint density at radius 3 is 2.85 bits per heavy atom. The predicted molar refractivity (Wildman–Crippen MR) is 84.1 cm³/mol. The molecule has 0 saturated heterocycles. The molecule has 0 fully saturated rings. The second-order valence-corrected chi connectivity index (χ2v) is 6.12. The van der Waals surface area contributed by atoms with Gasteiger partial charge in [-0.15, -0.1) is 0 Å². The number of aryl methyl sites for hydroxylation is 1. The summed E-state index contributed by atoms with van der Waals surface area (Å²) in [6.07, 6.45) is 1.64. The van der Waals surface area contributed by atoms with E-state index in [1.54, 1.807) is 18.0 Å². The van der Waals surface area contributed by atoms with E-state index >= 15 is 0 Å². The normalized spacial score (nSPS) is 10.8. The van der Waals surface area contributed by atoms with Crippen LogP contribution < -0.4 is 0 Å². The molecule has 0 radical (unpaired) electrons. The van der Waals surface area contributed by atoms with Gasteiger partial charge in [-0.3, -0.25) is 9.48 Å². The van der Waals surface area contributed by atoms with Crippen molar-refractivity contribution in [1.29, 1.82) is 0 Å². The number of ether oxygens (including phenoxy) is 1. The highest BCUT2D eigenvalue weighted by Crippen LogP contribution is 2.23. The molecule has 0 amide bonds. The van der Waals surface area contributed by atoms with Gasteiger partial charge in [0.15, 0.2) is 0 Å². The minimum absolute atomic E-state index is 0.0516. The van der Waals surface area contributed by atoms with Crippen molar-refractivity contribution in [3.63, 3.8) is 0 Å². The van der Waals surface area contributed by atoms with Gasteiger partial charge in [0.05, 0.1) is 23.8 Å². The number of rotatable bonds is 5. The predicted octanol–water partition coefficient (Wildman–Crippen LogP) is 3.59. The van der Waals surface area contributed by atoms with Crippen LogP contribution in [0.3, 0.4) is 0 Å². The van der Waals surface area contributed by atoms with Crippen LogP contribution in [0, 0.1) is 6.92 Å². The highest BCUT2D eigenvalue weighted by Gasteiger charge is 2.20. The van der Waals surface area contributed by atoms with Crippen molar-refractivity contribution in [3.05, 3.63) is 50.2 Å². The molecule has 0 aliphatic heterocycles. The summed E-state index contributed by atoms with van der Waals surface area (Å²) >= 11 is 6.79. The Kier molecular flexibility index (Phi) is 5.12. The number of hydrogen-bond donors (Lipinski definition) is 0. The Labute approximate surface area is 134 Å². The third-order valence-corrected chi connectivity index (χ3v) is 4.03. The summed E-state index contributed by atoms with van der Waals surface area (Å²) in [5.41, 5.74) is 2.15. The topological polar surface area (TPSA) is 44.1 Å². The van der Waals surface area contributed by atoms with Gasteiger partial charge >= 0.3 is 0 Å². The van der Waals surface area contributed by atoms with E-state index < -0.39 is 0 Å².